The zero-order chi connectivity index (χ0) is 12.0. The number of hydrogen-bond acceptors (Lipinski definition) is 2. The molecule has 2 unspecified atom stereocenters. The molecule has 0 bridgehead atoms. The van der Waals surface area contributed by atoms with Crippen molar-refractivity contribution in [2.45, 2.75) is 46.1 Å². The average Bonchev–Trinajstić information content (AvgIpc) is 2.64. The van der Waals surface area contributed by atoms with E-state index in [0.717, 1.165) is 12.5 Å². The topological polar surface area (TPSA) is 29.9 Å². The quantitative estimate of drug-likeness (QED) is 0.770. The van der Waals surface area contributed by atoms with Crippen LogP contribution in [0.4, 0.5) is 0 Å². The van der Waals surface area contributed by atoms with Gasteiger partial charge in [0.25, 0.3) is 0 Å². The lowest BCUT2D eigenvalue weighted by Gasteiger charge is -2.20. The molecule has 3 nitrogen and oxygen atoms in total. The molecule has 0 aliphatic rings. The van der Waals surface area contributed by atoms with Crippen LogP contribution < -0.4 is 5.32 Å². The molecule has 16 heavy (non-hydrogen) atoms. The van der Waals surface area contributed by atoms with E-state index >= 15 is 0 Å². The molecule has 0 aliphatic heterocycles. The largest absolute Gasteiger partial charge is 0.310 e. The molecule has 0 spiro atoms. The molecule has 1 heterocycles. The van der Waals surface area contributed by atoms with Crippen molar-refractivity contribution in [3.63, 3.8) is 0 Å². The molecular weight excluding hydrogens is 198 g/mol. The second-order valence-electron chi connectivity index (χ2n) is 4.69. The van der Waals surface area contributed by atoms with Gasteiger partial charge in [-0.15, -0.1) is 0 Å². The third-order valence-corrected chi connectivity index (χ3v) is 3.00. The van der Waals surface area contributed by atoms with Crippen LogP contribution in [0.3, 0.4) is 0 Å². The van der Waals surface area contributed by atoms with E-state index < -0.39 is 0 Å². The first-order valence-electron chi connectivity index (χ1n) is 6.39. The van der Waals surface area contributed by atoms with Crippen LogP contribution in [0.5, 0.6) is 0 Å². The van der Waals surface area contributed by atoms with Gasteiger partial charge in [0, 0.05) is 24.8 Å². The fraction of sp³-hybridized carbons (Fsp3) is 0.769. The highest BCUT2D eigenvalue weighted by Gasteiger charge is 2.15. The van der Waals surface area contributed by atoms with Crippen LogP contribution >= 0.6 is 0 Å². The Morgan fingerprint density at radius 1 is 1.44 bits per heavy atom. The van der Waals surface area contributed by atoms with Crippen molar-refractivity contribution >= 4 is 0 Å². The Labute approximate surface area is 99.2 Å². The van der Waals surface area contributed by atoms with Gasteiger partial charge in [0.1, 0.15) is 0 Å². The summed E-state index contributed by atoms with van der Waals surface area (Å²) < 4.78 is 1.88. The molecule has 1 aromatic rings. The maximum atomic E-state index is 4.25. The monoisotopic (exact) mass is 223 g/mol. The molecule has 0 radical (unpaired) electrons. The highest BCUT2D eigenvalue weighted by molar-refractivity contribution is 5.10. The van der Waals surface area contributed by atoms with Crippen molar-refractivity contribution in [1.29, 1.82) is 0 Å². The molecule has 0 aliphatic carbocycles. The first kappa shape index (κ1) is 13.2. The number of nitrogens with one attached hydrogen (secondary N) is 1. The smallest absolute Gasteiger partial charge is 0.0537 e. The van der Waals surface area contributed by atoms with E-state index in [4.69, 9.17) is 0 Å². The Balaban J connectivity index is 2.60. The Bertz CT molecular complexity index is 293. The van der Waals surface area contributed by atoms with E-state index in [-0.39, 0.29) is 0 Å². The predicted octanol–water partition coefficient (Wildman–Crippen LogP) is 2.90. The first-order chi connectivity index (χ1) is 7.67. The number of nitrogens with zero attached hydrogens (tertiary/aromatic N) is 2. The Morgan fingerprint density at radius 3 is 2.69 bits per heavy atom. The zero-order valence-corrected chi connectivity index (χ0v) is 11.0. The number of hydrogen-bond donors (Lipinski definition) is 1. The van der Waals surface area contributed by atoms with Crippen LogP contribution in [0.15, 0.2) is 12.4 Å². The summed E-state index contributed by atoms with van der Waals surface area (Å²) in [6.07, 6.45) is 7.88. The van der Waals surface area contributed by atoms with Crippen molar-refractivity contribution in [1.82, 2.24) is 15.1 Å². The van der Waals surface area contributed by atoms with Crippen molar-refractivity contribution in [2.75, 3.05) is 6.54 Å². The number of aryl methyl sites for hydroxylation is 1. The number of aromatic nitrogens is 2. The summed E-state index contributed by atoms with van der Waals surface area (Å²) in [5, 5.41) is 7.80. The second-order valence-corrected chi connectivity index (χ2v) is 4.69. The fourth-order valence-electron chi connectivity index (χ4n) is 2.22. The highest BCUT2D eigenvalue weighted by Crippen LogP contribution is 2.23. The molecule has 1 rings (SSSR count). The SMILES string of the molecule is CCCC(C)CC(NCC)c1cnn(C)c1. The van der Waals surface area contributed by atoms with Gasteiger partial charge in [-0.1, -0.05) is 33.6 Å². The van der Waals surface area contributed by atoms with Gasteiger partial charge < -0.3 is 5.32 Å². The molecule has 0 aromatic carbocycles. The van der Waals surface area contributed by atoms with Crippen LogP contribution in [-0.4, -0.2) is 16.3 Å². The Kier molecular flexibility index (Phi) is 5.53. The summed E-state index contributed by atoms with van der Waals surface area (Å²) >= 11 is 0. The lowest BCUT2D eigenvalue weighted by atomic mass is 9.94. The standard InChI is InChI=1S/C13H25N3/c1-5-7-11(3)8-13(14-6-2)12-9-15-16(4)10-12/h9-11,13-14H,5-8H2,1-4H3. The highest BCUT2D eigenvalue weighted by atomic mass is 15.2. The molecule has 3 heteroatoms. The van der Waals surface area contributed by atoms with Gasteiger partial charge in [-0.3, -0.25) is 4.68 Å². The van der Waals surface area contributed by atoms with E-state index in [9.17, 15) is 0 Å². The second kappa shape index (κ2) is 6.69. The van der Waals surface area contributed by atoms with E-state index in [2.05, 4.69) is 37.4 Å². The molecule has 1 aromatic heterocycles. The Hall–Kier alpha value is -0.830. The van der Waals surface area contributed by atoms with E-state index in [1.165, 1.54) is 24.8 Å². The van der Waals surface area contributed by atoms with E-state index in [1.807, 2.05) is 17.9 Å². The van der Waals surface area contributed by atoms with Crippen molar-refractivity contribution in [2.24, 2.45) is 13.0 Å². The summed E-state index contributed by atoms with van der Waals surface area (Å²) in [6.45, 7) is 7.76. The minimum absolute atomic E-state index is 0.459. The molecule has 0 amide bonds. The van der Waals surface area contributed by atoms with Crippen LogP contribution in [0.25, 0.3) is 0 Å². The maximum Gasteiger partial charge on any atom is 0.0537 e. The molecule has 0 saturated carbocycles. The molecule has 1 N–H and O–H groups in total. The van der Waals surface area contributed by atoms with Crippen LogP contribution in [0.2, 0.25) is 0 Å². The van der Waals surface area contributed by atoms with Gasteiger partial charge in [-0.2, -0.15) is 5.10 Å². The van der Waals surface area contributed by atoms with Gasteiger partial charge in [0.15, 0.2) is 0 Å². The Morgan fingerprint density at radius 2 is 2.19 bits per heavy atom. The number of rotatable bonds is 7. The molecule has 92 valence electrons. The first-order valence-corrected chi connectivity index (χ1v) is 6.39. The lowest BCUT2D eigenvalue weighted by molar-refractivity contribution is 0.395. The molecule has 2 atom stereocenters. The normalized spacial score (nSPS) is 15.0. The van der Waals surface area contributed by atoms with Gasteiger partial charge in [0.2, 0.25) is 0 Å². The third kappa shape index (κ3) is 3.97. The zero-order valence-electron chi connectivity index (χ0n) is 11.0. The fourth-order valence-corrected chi connectivity index (χ4v) is 2.22. The summed E-state index contributed by atoms with van der Waals surface area (Å²) in [5.74, 6) is 0.772. The van der Waals surface area contributed by atoms with Crippen LogP contribution in [0, 0.1) is 5.92 Å². The van der Waals surface area contributed by atoms with Crippen LogP contribution in [-0.2, 0) is 7.05 Å². The summed E-state index contributed by atoms with van der Waals surface area (Å²) in [6, 6.07) is 0.459. The lowest BCUT2D eigenvalue weighted by Crippen LogP contribution is -2.22. The van der Waals surface area contributed by atoms with Gasteiger partial charge in [-0.25, -0.2) is 0 Å². The molecular formula is C13H25N3. The summed E-state index contributed by atoms with van der Waals surface area (Å²) in [7, 11) is 1.97. The van der Waals surface area contributed by atoms with Crippen molar-refractivity contribution in [3.05, 3.63) is 18.0 Å². The minimum Gasteiger partial charge on any atom is -0.310 e. The molecule has 0 fully saturated rings. The summed E-state index contributed by atoms with van der Waals surface area (Å²) in [4.78, 5) is 0. The molecule has 0 saturated heterocycles. The van der Waals surface area contributed by atoms with Crippen molar-refractivity contribution in [3.8, 4) is 0 Å². The third-order valence-electron chi connectivity index (χ3n) is 3.00. The van der Waals surface area contributed by atoms with E-state index in [1.54, 1.807) is 0 Å². The van der Waals surface area contributed by atoms with Crippen molar-refractivity contribution < 1.29 is 0 Å². The van der Waals surface area contributed by atoms with Gasteiger partial charge in [-0.05, 0) is 18.9 Å². The average molecular weight is 223 g/mol. The van der Waals surface area contributed by atoms with Gasteiger partial charge in [0.05, 0.1) is 6.20 Å². The van der Waals surface area contributed by atoms with Crippen LogP contribution in [0.1, 0.15) is 51.6 Å². The summed E-state index contributed by atoms with van der Waals surface area (Å²) in [5.41, 5.74) is 1.31. The van der Waals surface area contributed by atoms with E-state index in [0.29, 0.717) is 6.04 Å². The van der Waals surface area contributed by atoms with Gasteiger partial charge >= 0.3 is 0 Å². The predicted molar refractivity (Wildman–Crippen MR) is 68.3 cm³/mol. The maximum absolute atomic E-state index is 4.25. The minimum atomic E-state index is 0.459.